The Balaban J connectivity index is 1.19. The maximum Gasteiger partial charge on any atom is 0.331 e. The van der Waals surface area contributed by atoms with Crippen molar-refractivity contribution in [2.45, 2.75) is 128 Å². The molecule has 9 heteroatoms. The summed E-state index contributed by atoms with van der Waals surface area (Å²) in [6, 6.07) is 0. The SMILES string of the molecule is COC1C[C@H](OC2CC[C@@]3(C)[C@@H](CC[C@@H]4[C@@H]3CC[C@@]3(C)C(C5=CC(=O)OC5)C(OC(C)=O)C[C@]43O)C2)OC(C)C1O. The van der Waals surface area contributed by atoms with Gasteiger partial charge >= 0.3 is 11.9 Å². The van der Waals surface area contributed by atoms with Crippen molar-refractivity contribution in [3.8, 4) is 0 Å². The van der Waals surface area contributed by atoms with E-state index < -0.39 is 23.2 Å². The van der Waals surface area contributed by atoms with Gasteiger partial charge in [0.1, 0.15) is 18.8 Å². The van der Waals surface area contributed by atoms with Crippen molar-refractivity contribution in [2.24, 2.45) is 34.5 Å². The van der Waals surface area contributed by atoms with Gasteiger partial charge in [0.25, 0.3) is 0 Å². The van der Waals surface area contributed by atoms with E-state index in [1.807, 2.05) is 6.92 Å². The molecule has 13 atom stereocenters. The van der Waals surface area contributed by atoms with Gasteiger partial charge in [0, 0.05) is 44.3 Å². The van der Waals surface area contributed by atoms with Gasteiger partial charge in [0.2, 0.25) is 0 Å². The number of rotatable bonds is 5. The molecule has 0 bridgehead atoms. The Kier molecular flexibility index (Phi) is 7.62. The first-order chi connectivity index (χ1) is 19.4. The van der Waals surface area contributed by atoms with Crippen LogP contribution in [0.3, 0.4) is 0 Å². The third kappa shape index (κ3) is 4.69. The average Bonchev–Trinajstić information content (AvgIpc) is 3.42. The van der Waals surface area contributed by atoms with Crippen LogP contribution >= 0.6 is 0 Å². The molecule has 6 aliphatic rings. The number of ether oxygens (including phenoxy) is 5. The second-order valence-corrected chi connectivity index (χ2v) is 14.3. The Hall–Kier alpha value is -1.52. The molecular formula is C32H48O9. The lowest BCUT2D eigenvalue weighted by molar-refractivity contribution is -0.273. The van der Waals surface area contributed by atoms with Crippen molar-refractivity contribution >= 4 is 11.9 Å². The van der Waals surface area contributed by atoms with E-state index >= 15 is 0 Å². The van der Waals surface area contributed by atoms with Crippen LogP contribution in [0, 0.1) is 34.5 Å². The van der Waals surface area contributed by atoms with Gasteiger partial charge in [-0.25, -0.2) is 4.79 Å². The first-order valence-electron chi connectivity index (χ1n) is 15.7. The lowest BCUT2D eigenvalue weighted by Crippen LogP contribution is -2.62. The Bertz CT molecular complexity index is 1080. The second kappa shape index (κ2) is 10.6. The number of fused-ring (bicyclic) bond motifs is 5. The van der Waals surface area contributed by atoms with Crippen LogP contribution in [0.4, 0.5) is 0 Å². The fourth-order valence-electron chi connectivity index (χ4n) is 10.4. The molecule has 6 unspecified atom stereocenters. The quantitative estimate of drug-likeness (QED) is 0.373. The van der Waals surface area contributed by atoms with Crippen LogP contribution in [0.5, 0.6) is 0 Å². The highest BCUT2D eigenvalue weighted by Gasteiger charge is 2.71. The normalized spacial score (nSPS) is 51.2. The molecule has 2 heterocycles. The number of aliphatic hydroxyl groups is 2. The van der Waals surface area contributed by atoms with Gasteiger partial charge in [0.15, 0.2) is 6.29 Å². The highest BCUT2D eigenvalue weighted by atomic mass is 16.7. The van der Waals surface area contributed by atoms with E-state index in [1.165, 1.54) is 6.92 Å². The van der Waals surface area contributed by atoms with Crippen molar-refractivity contribution < 1.29 is 43.5 Å². The zero-order chi connectivity index (χ0) is 29.3. The zero-order valence-corrected chi connectivity index (χ0v) is 25.2. The molecule has 0 aromatic carbocycles. The van der Waals surface area contributed by atoms with E-state index in [0.29, 0.717) is 24.7 Å². The van der Waals surface area contributed by atoms with Gasteiger partial charge in [-0.05, 0) is 80.6 Å². The first-order valence-corrected chi connectivity index (χ1v) is 15.7. The van der Waals surface area contributed by atoms with Gasteiger partial charge in [-0.15, -0.1) is 0 Å². The molecule has 4 saturated carbocycles. The fourth-order valence-corrected chi connectivity index (χ4v) is 10.4. The predicted octanol–water partition coefficient (Wildman–Crippen LogP) is 3.68. The molecule has 2 aliphatic heterocycles. The molecule has 0 aromatic heterocycles. The van der Waals surface area contributed by atoms with Gasteiger partial charge in [-0.2, -0.15) is 0 Å². The van der Waals surface area contributed by atoms with Crippen molar-refractivity contribution in [1.29, 1.82) is 0 Å². The number of esters is 2. The highest BCUT2D eigenvalue weighted by Crippen LogP contribution is 2.70. The molecule has 0 spiro atoms. The molecule has 9 nitrogen and oxygen atoms in total. The Labute approximate surface area is 243 Å². The number of carbonyl (C=O) groups excluding carboxylic acids is 2. The van der Waals surface area contributed by atoms with Crippen molar-refractivity contribution in [1.82, 2.24) is 0 Å². The molecule has 1 saturated heterocycles. The number of hydrogen-bond donors (Lipinski definition) is 2. The van der Waals surface area contributed by atoms with E-state index in [-0.39, 0.29) is 60.4 Å². The highest BCUT2D eigenvalue weighted by molar-refractivity contribution is 5.85. The van der Waals surface area contributed by atoms with Crippen molar-refractivity contribution in [3.05, 3.63) is 11.6 Å². The van der Waals surface area contributed by atoms with Crippen LogP contribution in [0.2, 0.25) is 0 Å². The number of carbonyl (C=O) groups is 2. The molecule has 41 heavy (non-hydrogen) atoms. The minimum absolute atomic E-state index is 0.0898. The van der Waals surface area contributed by atoms with Crippen LogP contribution in [0.25, 0.3) is 0 Å². The molecular weight excluding hydrogens is 528 g/mol. The van der Waals surface area contributed by atoms with Crippen LogP contribution in [0.15, 0.2) is 11.6 Å². The second-order valence-electron chi connectivity index (χ2n) is 14.3. The maximum atomic E-state index is 12.7. The topological polar surface area (TPSA) is 121 Å². The summed E-state index contributed by atoms with van der Waals surface area (Å²) < 4.78 is 29.1. The number of cyclic esters (lactones) is 1. The summed E-state index contributed by atoms with van der Waals surface area (Å²) in [5, 5.41) is 23.0. The average molecular weight is 577 g/mol. The Morgan fingerprint density at radius 2 is 1.85 bits per heavy atom. The lowest BCUT2D eigenvalue weighted by Gasteiger charge is -2.63. The van der Waals surface area contributed by atoms with Gasteiger partial charge in [0.05, 0.1) is 23.9 Å². The summed E-state index contributed by atoms with van der Waals surface area (Å²) in [6.45, 7) is 8.06. The van der Waals surface area contributed by atoms with Crippen LogP contribution < -0.4 is 0 Å². The third-order valence-corrected chi connectivity index (χ3v) is 12.5. The first kappa shape index (κ1) is 29.5. The molecule has 5 fully saturated rings. The van der Waals surface area contributed by atoms with E-state index in [1.54, 1.807) is 13.2 Å². The zero-order valence-electron chi connectivity index (χ0n) is 25.2. The van der Waals surface area contributed by atoms with Crippen LogP contribution in [0.1, 0.15) is 85.5 Å². The number of methoxy groups -OCH3 is 1. The minimum atomic E-state index is -0.990. The molecule has 0 radical (unpaired) electrons. The minimum Gasteiger partial charge on any atom is -0.462 e. The summed E-state index contributed by atoms with van der Waals surface area (Å²) in [7, 11) is 1.62. The van der Waals surface area contributed by atoms with E-state index in [4.69, 9.17) is 23.7 Å². The smallest absolute Gasteiger partial charge is 0.331 e. The predicted molar refractivity (Wildman–Crippen MR) is 147 cm³/mol. The summed E-state index contributed by atoms with van der Waals surface area (Å²) >= 11 is 0. The Morgan fingerprint density at radius 3 is 2.54 bits per heavy atom. The number of hydrogen-bond acceptors (Lipinski definition) is 9. The summed E-state index contributed by atoms with van der Waals surface area (Å²) in [5.74, 6) is 0.0175. The molecule has 2 N–H and O–H groups in total. The van der Waals surface area contributed by atoms with Gasteiger partial charge in [-0.1, -0.05) is 13.8 Å². The number of aliphatic hydroxyl groups excluding tert-OH is 1. The largest absolute Gasteiger partial charge is 0.462 e. The van der Waals surface area contributed by atoms with Crippen LogP contribution in [-0.2, 0) is 33.3 Å². The van der Waals surface area contributed by atoms with E-state index in [0.717, 1.165) is 50.5 Å². The van der Waals surface area contributed by atoms with Gasteiger partial charge in [-0.3, -0.25) is 4.79 Å². The van der Waals surface area contributed by atoms with Crippen LogP contribution in [-0.4, -0.2) is 78.3 Å². The summed E-state index contributed by atoms with van der Waals surface area (Å²) in [5.41, 5.74) is -0.559. The summed E-state index contributed by atoms with van der Waals surface area (Å²) in [4.78, 5) is 24.2. The molecule has 4 aliphatic carbocycles. The molecule has 0 aromatic rings. The van der Waals surface area contributed by atoms with E-state index in [9.17, 15) is 19.8 Å². The molecule has 230 valence electrons. The monoisotopic (exact) mass is 576 g/mol. The van der Waals surface area contributed by atoms with Crippen molar-refractivity contribution in [3.63, 3.8) is 0 Å². The molecule has 0 amide bonds. The maximum absolute atomic E-state index is 12.7. The summed E-state index contributed by atoms with van der Waals surface area (Å²) in [6.07, 6.45) is 7.14. The standard InChI is InChI=1S/C32H48O9/c1-17-29(35)24(37-5)14-27(39-17)41-21-8-10-30(3)20(13-21)6-7-23-22(30)9-11-31(4)28(19-12-26(34)38-16-19)25(40-18(2)33)15-32(23,31)36/h12,17,20-25,27-29,35-36H,6-11,13-16H2,1-5H3/t17?,20-,21?,22-,23+,24?,25?,27-,28?,29?,30-,31-,32-/m0/s1. The third-order valence-electron chi connectivity index (χ3n) is 12.5. The van der Waals surface area contributed by atoms with E-state index in [2.05, 4.69) is 13.8 Å². The van der Waals surface area contributed by atoms with Crippen molar-refractivity contribution in [2.75, 3.05) is 13.7 Å². The fraction of sp³-hybridized carbons (Fsp3) is 0.875. The van der Waals surface area contributed by atoms with Gasteiger partial charge < -0.3 is 33.9 Å². The molecule has 6 rings (SSSR count). The lowest BCUT2D eigenvalue weighted by atomic mass is 9.43. The Morgan fingerprint density at radius 1 is 1.07 bits per heavy atom.